The van der Waals surface area contributed by atoms with Crippen LogP contribution in [-0.2, 0) is 38.2 Å². The molecule has 0 saturated heterocycles. The van der Waals surface area contributed by atoms with E-state index in [1.165, 1.54) is 48.8 Å². The van der Waals surface area contributed by atoms with Crippen LogP contribution in [0.15, 0.2) is 54.6 Å². The standard InChI is InChI=1S/C21H25.C8H14.C5H5.2ClH.Hf/c1-20(2,3)16-7-9-18-14(12-16)11-15-13-17(21(4,5)6)8-10-19(15)18;1-2-8-6-4-3-5-7-8;1-2-4-5-3-1;;;/h7-10,12H,11H2,1-6H3;8H,3-7H2,1H3;1-5H;2*1H;/q;;;;;+2/p-2. The molecule has 0 radical (unpaired) electrons. The fraction of sp³-hybridized carbons (Fsp3) is 0.500. The summed E-state index contributed by atoms with van der Waals surface area (Å²) >= 11 is -2.44. The Labute approximate surface area is 246 Å². The fourth-order valence-corrected chi connectivity index (χ4v) is 20.6. The first-order chi connectivity index (χ1) is 16.6. The molecule has 0 amide bonds. The SMILES string of the molecule is C[C](C1CCCCC1)=[Hf+2]([c]1c(C(C)(C)C)ccc2c1Cc1cc(C(C)(C)C)ccc1-2)[CH]1C=CC=C1.[Cl-].[Cl-]. The van der Waals surface area contributed by atoms with Crippen molar-refractivity contribution in [1.29, 1.82) is 0 Å². The summed E-state index contributed by atoms with van der Waals surface area (Å²) in [6, 6.07) is 12.3. The second-order valence-electron chi connectivity index (χ2n) is 13.3. The second kappa shape index (κ2) is 11.8. The molecule has 2 aromatic carbocycles. The number of hydrogen-bond donors (Lipinski definition) is 0. The van der Waals surface area contributed by atoms with E-state index >= 15 is 0 Å². The molecule has 3 heteroatoms. The largest absolute Gasteiger partial charge is 1.00 e. The molecule has 0 heterocycles. The second-order valence-corrected chi connectivity index (χ2v) is 23.3. The van der Waals surface area contributed by atoms with Gasteiger partial charge in [-0.1, -0.05) is 0 Å². The van der Waals surface area contributed by atoms with Crippen LogP contribution in [0.3, 0.4) is 0 Å². The molecule has 0 nitrogen and oxygen atoms in total. The zero-order valence-corrected chi connectivity index (χ0v) is 29.0. The topological polar surface area (TPSA) is 0 Å². The van der Waals surface area contributed by atoms with Gasteiger partial charge >= 0.3 is 223 Å². The predicted molar refractivity (Wildman–Crippen MR) is 151 cm³/mol. The van der Waals surface area contributed by atoms with E-state index in [0.29, 0.717) is 3.67 Å². The summed E-state index contributed by atoms with van der Waals surface area (Å²) in [6.07, 6.45) is 18.0. The van der Waals surface area contributed by atoms with E-state index in [4.69, 9.17) is 0 Å². The zero-order valence-electron chi connectivity index (χ0n) is 23.8. The van der Waals surface area contributed by atoms with E-state index in [0.717, 1.165) is 12.3 Å². The summed E-state index contributed by atoms with van der Waals surface area (Å²) < 4.78 is 4.49. The summed E-state index contributed by atoms with van der Waals surface area (Å²) in [5.74, 6) is 0.855. The zero-order chi connectivity index (χ0) is 25.0. The van der Waals surface area contributed by atoms with Crippen LogP contribution in [-0.4, -0.2) is 3.26 Å². The first kappa shape index (κ1) is 30.8. The number of hydrogen-bond acceptors (Lipinski definition) is 0. The molecule has 0 unspecified atom stereocenters. The van der Waals surface area contributed by atoms with Gasteiger partial charge < -0.3 is 24.8 Å². The number of benzene rings is 2. The van der Waals surface area contributed by atoms with Crippen LogP contribution in [0.25, 0.3) is 11.1 Å². The number of rotatable bonds is 3. The van der Waals surface area contributed by atoms with Crippen molar-refractivity contribution < 1.29 is 45.8 Å². The molecule has 0 aromatic heterocycles. The van der Waals surface area contributed by atoms with Gasteiger partial charge in [0.2, 0.25) is 0 Å². The maximum absolute atomic E-state index is 2.60. The van der Waals surface area contributed by atoms with Crippen molar-refractivity contribution in [2.75, 3.05) is 0 Å². The van der Waals surface area contributed by atoms with Crippen molar-refractivity contribution in [2.24, 2.45) is 5.92 Å². The Hall–Kier alpha value is -0.760. The summed E-state index contributed by atoms with van der Waals surface area (Å²) in [4.78, 5) is 0. The van der Waals surface area contributed by atoms with Crippen LogP contribution in [0.1, 0.15) is 103 Å². The molecule has 37 heavy (non-hydrogen) atoms. The molecule has 1 fully saturated rings. The molecule has 0 spiro atoms. The van der Waals surface area contributed by atoms with Crippen LogP contribution in [0.2, 0.25) is 3.67 Å². The molecule has 0 N–H and O–H groups in total. The molecule has 2 aromatic rings. The quantitative estimate of drug-likeness (QED) is 0.369. The van der Waals surface area contributed by atoms with Gasteiger partial charge in [-0.25, -0.2) is 0 Å². The van der Waals surface area contributed by atoms with E-state index in [2.05, 4.69) is 103 Å². The summed E-state index contributed by atoms with van der Waals surface area (Å²) in [6.45, 7) is 17.0. The Morgan fingerprint density at radius 3 is 2.00 bits per heavy atom. The number of fused-ring (bicyclic) bond motifs is 3. The number of halogens is 2. The normalized spacial score (nSPS) is 17.6. The van der Waals surface area contributed by atoms with Crippen molar-refractivity contribution in [1.82, 2.24) is 0 Å². The molecular weight excluding hydrogens is 658 g/mol. The first-order valence-electron chi connectivity index (χ1n) is 13.9. The Kier molecular flexibility index (Phi) is 9.79. The van der Waals surface area contributed by atoms with Crippen LogP contribution in [0.4, 0.5) is 0 Å². The average molecular weight is 702 g/mol. The van der Waals surface area contributed by atoms with Gasteiger partial charge in [-0.15, -0.1) is 0 Å². The molecule has 0 aliphatic heterocycles. The average Bonchev–Trinajstić information content (AvgIpc) is 3.46. The van der Waals surface area contributed by atoms with Crippen molar-refractivity contribution in [2.45, 2.75) is 101 Å². The van der Waals surface area contributed by atoms with Crippen molar-refractivity contribution in [3.8, 4) is 11.1 Å². The molecule has 1 saturated carbocycles. The Balaban J connectivity index is 0.00000190. The van der Waals surface area contributed by atoms with E-state index < -0.39 is 21.0 Å². The minimum atomic E-state index is -2.44. The minimum Gasteiger partial charge on any atom is -1.00 e. The van der Waals surface area contributed by atoms with Gasteiger partial charge in [-0.05, 0) is 0 Å². The maximum Gasteiger partial charge on any atom is -1.00 e. The van der Waals surface area contributed by atoms with Gasteiger partial charge in [0, 0.05) is 0 Å². The molecule has 198 valence electrons. The third kappa shape index (κ3) is 6.05. The Morgan fingerprint density at radius 1 is 0.784 bits per heavy atom. The molecular formula is C34H44Cl2Hf. The van der Waals surface area contributed by atoms with E-state index in [9.17, 15) is 0 Å². The van der Waals surface area contributed by atoms with Crippen LogP contribution < -0.4 is 28.1 Å². The minimum absolute atomic E-state index is 0. The van der Waals surface area contributed by atoms with Gasteiger partial charge in [0.25, 0.3) is 0 Å². The van der Waals surface area contributed by atoms with Gasteiger partial charge in [0.15, 0.2) is 0 Å². The van der Waals surface area contributed by atoms with Crippen molar-refractivity contribution in [3.05, 3.63) is 76.9 Å². The van der Waals surface area contributed by atoms with E-state index in [1.54, 1.807) is 16.7 Å². The maximum atomic E-state index is 2.60. The Morgan fingerprint density at radius 2 is 1.41 bits per heavy atom. The van der Waals surface area contributed by atoms with Gasteiger partial charge in [0.1, 0.15) is 0 Å². The van der Waals surface area contributed by atoms with E-state index in [-0.39, 0.29) is 35.6 Å². The van der Waals surface area contributed by atoms with Crippen LogP contribution in [0.5, 0.6) is 0 Å². The molecule has 3 aliphatic rings. The van der Waals surface area contributed by atoms with Gasteiger partial charge in [-0.3, -0.25) is 0 Å². The molecule has 0 bridgehead atoms. The summed E-state index contributed by atoms with van der Waals surface area (Å²) in [5, 5.41) is 0. The fourth-order valence-electron chi connectivity index (χ4n) is 6.68. The molecule has 0 atom stereocenters. The molecule has 5 rings (SSSR count). The molecule has 3 aliphatic carbocycles. The predicted octanol–water partition coefficient (Wildman–Crippen LogP) is 2.79. The summed E-state index contributed by atoms with van der Waals surface area (Å²) in [5.41, 5.74) is 9.75. The first-order valence-corrected chi connectivity index (χ1v) is 19.6. The monoisotopic (exact) mass is 702 g/mol. The van der Waals surface area contributed by atoms with Crippen molar-refractivity contribution >= 4 is 6.58 Å². The smallest absolute Gasteiger partial charge is 1.00 e. The summed E-state index contributed by atoms with van der Waals surface area (Å²) in [7, 11) is 0. The van der Waals surface area contributed by atoms with E-state index in [1.807, 2.05) is 6.58 Å². The number of allylic oxidation sites excluding steroid dienone is 4. The van der Waals surface area contributed by atoms with Crippen LogP contribution in [0, 0.1) is 5.92 Å². The van der Waals surface area contributed by atoms with Gasteiger partial charge in [0.05, 0.1) is 0 Å². The van der Waals surface area contributed by atoms with Gasteiger partial charge in [-0.2, -0.15) is 0 Å². The van der Waals surface area contributed by atoms with Crippen molar-refractivity contribution in [3.63, 3.8) is 0 Å². The third-order valence-corrected chi connectivity index (χ3v) is 21.0. The van der Waals surface area contributed by atoms with Crippen LogP contribution >= 0.6 is 0 Å². The third-order valence-electron chi connectivity index (χ3n) is 8.74. The Bertz CT molecular complexity index is 1220.